The molecule has 0 bridgehead atoms. The highest BCUT2D eigenvalue weighted by Crippen LogP contribution is 2.26. The Labute approximate surface area is 112 Å². The summed E-state index contributed by atoms with van der Waals surface area (Å²) in [7, 11) is 2.05. The molecule has 0 spiro atoms. The molecule has 1 rings (SSSR count). The normalized spacial score (nSPS) is 12.3. The van der Waals surface area contributed by atoms with Crippen LogP contribution in [0.25, 0.3) is 0 Å². The fourth-order valence-electron chi connectivity index (χ4n) is 1.97. The van der Waals surface area contributed by atoms with E-state index in [1.54, 1.807) is 0 Å². The van der Waals surface area contributed by atoms with Crippen LogP contribution in [0.5, 0.6) is 0 Å². The monoisotopic (exact) mass is 294 g/mol. The number of anilines is 1. The third-order valence-electron chi connectivity index (χ3n) is 2.93. The first-order valence-electron chi connectivity index (χ1n) is 5.88. The lowest BCUT2D eigenvalue weighted by Gasteiger charge is -2.29. The summed E-state index contributed by atoms with van der Waals surface area (Å²) in [5.41, 5.74) is 1.72. The van der Waals surface area contributed by atoms with Gasteiger partial charge in [0.1, 0.15) is 6.07 Å². The van der Waals surface area contributed by atoms with E-state index in [-0.39, 0.29) is 0 Å². The van der Waals surface area contributed by atoms with Gasteiger partial charge >= 0.3 is 0 Å². The van der Waals surface area contributed by atoms with Gasteiger partial charge in [0.25, 0.3) is 0 Å². The van der Waals surface area contributed by atoms with Gasteiger partial charge in [0.15, 0.2) is 0 Å². The first kappa shape index (κ1) is 14.1. The number of nitrogens with zero attached hydrogens (tertiary/aromatic N) is 2. The standard InChI is InChI=1S/C14H19BrN2/c1-10(2)7-11(3)17(4)14-8-13(15)6-5-12(14)9-16/h5-6,8,10-11H,7H2,1-4H3. The maximum absolute atomic E-state index is 9.13. The second-order valence-electron chi connectivity index (χ2n) is 4.86. The fourth-order valence-corrected chi connectivity index (χ4v) is 2.32. The predicted molar refractivity (Wildman–Crippen MR) is 76.2 cm³/mol. The molecule has 1 unspecified atom stereocenters. The van der Waals surface area contributed by atoms with E-state index in [0.717, 1.165) is 22.1 Å². The van der Waals surface area contributed by atoms with Gasteiger partial charge in [-0.3, -0.25) is 0 Å². The van der Waals surface area contributed by atoms with Gasteiger partial charge in [-0.15, -0.1) is 0 Å². The molecule has 1 aromatic carbocycles. The SMILES string of the molecule is CC(C)CC(C)N(C)c1cc(Br)ccc1C#N. The zero-order chi connectivity index (χ0) is 13.0. The molecule has 17 heavy (non-hydrogen) atoms. The van der Waals surface area contributed by atoms with Crippen LogP contribution in [0, 0.1) is 17.2 Å². The lowest BCUT2D eigenvalue weighted by Crippen LogP contribution is -2.30. The van der Waals surface area contributed by atoms with Crippen molar-refractivity contribution in [3.63, 3.8) is 0 Å². The summed E-state index contributed by atoms with van der Waals surface area (Å²) in [4.78, 5) is 2.18. The molecular formula is C14H19BrN2. The summed E-state index contributed by atoms with van der Waals surface area (Å²) < 4.78 is 1.01. The second-order valence-corrected chi connectivity index (χ2v) is 5.78. The van der Waals surface area contributed by atoms with Crippen molar-refractivity contribution in [2.45, 2.75) is 33.2 Å². The van der Waals surface area contributed by atoms with E-state index in [9.17, 15) is 0 Å². The van der Waals surface area contributed by atoms with E-state index >= 15 is 0 Å². The molecule has 0 heterocycles. The largest absolute Gasteiger partial charge is 0.371 e. The van der Waals surface area contributed by atoms with Crippen molar-refractivity contribution < 1.29 is 0 Å². The molecule has 0 aliphatic rings. The molecule has 0 amide bonds. The summed E-state index contributed by atoms with van der Waals surface area (Å²) in [6, 6.07) is 8.45. The smallest absolute Gasteiger partial charge is 0.101 e. The van der Waals surface area contributed by atoms with Crippen molar-refractivity contribution in [3.8, 4) is 6.07 Å². The lowest BCUT2D eigenvalue weighted by molar-refractivity contribution is 0.504. The zero-order valence-corrected chi connectivity index (χ0v) is 12.5. The van der Waals surface area contributed by atoms with Crippen LogP contribution in [0.1, 0.15) is 32.8 Å². The van der Waals surface area contributed by atoms with Gasteiger partial charge in [0.05, 0.1) is 11.3 Å². The summed E-state index contributed by atoms with van der Waals surface area (Å²) in [5.74, 6) is 0.658. The van der Waals surface area contributed by atoms with E-state index in [1.807, 2.05) is 18.2 Å². The highest BCUT2D eigenvalue weighted by molar-refractivity contribution is 9.10. The van der Waals surface area contributed by atoms with Gasteiger partial charge in [0, 0.05) is 17.6 Å². The molecule has 0 saturated carbocycles. The highest BCUT2D eigenvalue weighted by atomic mass is 79.9. The van der Waals surface area contributed by atoms with Crippen molar-refractivity contribution in [2.24, 2.45) is 5.92 Å². The molecule has 0 saturated heterocycles. The fraction of sp³-hybridized carbons (Fsp3) is 0.500. The molecule has 92 valence electrons. The maximum Gasteiger partial charge on any atom is 0.101 e. The number of halogens is 1. The molecular weight excluding hydrogens is 276 g/mol. The maximum atomic E-state index is 9.13. The Hall–Kier alpha value is -1.01. The van der Waals surface area contributed by atoms with Crippen LogP contribution in [0.2, 0.25) is 0 Å². The average Bonchev–Trinajstić information content (AvgIpc) is 2.27. The molecule has 1 atom stereocenters. The third-order valence-corrected chi connectivity index (χ3v) is 3.43. The van der Waals surface area contributed by atoms with Gasteiger partial charge in [0.2, 0.25) is 0 Å². The second kappa shape index (κ2) is 6.07. The lowest BCUT2D eigenvalue weighted by atomic mass is 10.0. The topological polar surface area (TPSA) is 27.0 Å². The number of rotatable bonds is 4. The van der Waals surface area contributed by atoms with Gasteiger partial charge < -0.3 is 4.90 Å². The van der Waals surface area contributed by atoms with Crippen molar-refractivity contribution in [1.82, 2.24) is 0 Å². The summed E-state index contributed by atoms with van der Waals surface area (Å²) in [6.07, 6.45) is 1.12. The van der Waals surface area contributed by atoms with Crippen molar-refractivity contribution >= 4 is 21.6 Å². The minimum Gasteiger partial charge on any atom is -0.371 e. The van der Waals surface area contributed by atoms with Crippen LogP contribution in [-0.4, -0.2) is 13.1 Å². The Kier molecular flexibility index (Phi) is 5.02. The Balaban J connectivity index is 2.99. The van der Waals surface area contributed by atoms with Crippen LogP contribution >= 0.6 is 15.9 Å². The Morgan fingerprint density at radius 3 is 2.53 bits per heavy atom. The van der Waals surface area contributed by atoms with Crippen LogP contribution in [-0.2, 0) is 0 Å². The highest BCUT2D eigenvalue weighted by Gasteiger charge is 2.15. The first-order valence-corrected chi connectivity index (χ1v) is 6.67. The summed E-state index contributed by atoms with van der Waals surface area (Å²) in [6.45, 7) is 6.63. The van der Waals surface area contributed by atoms with E-state index in [1.165, 1.54) is 0 Å². The molecule has 0 aliphatic carbocycles. The van der Waals surface area contributed by atoms with Crippen LogP contribution in [0.3, 0.4) is 0 Å². The molecule has 0 aliphatic heterocycles. The molecule has 3 heteroatoms. The minimum atomic E-state index is 0.427. The number of benzene rings is 1. The molecule has 0 N–H and O–H groups in total. The number of hydrogen-bond donors (Lipinski definition) is 0. The third kappa shape index (κ3) is 3.74. The first-order chi connectivity index (χ1) is 7.95. The zero-order valence-electron chi connectivity index (χ0n) is 10.9. The van der Waals surface area contributed by atoms with Gasteiger partial charge in [-0.2, -0.15) is 5.26 Å². The van der Waals surface area contributed by atoms with E-state index < -0.39 is 0 Å². The van der Waals surface area contributed by atoms with Crippen molar-refractivity contribution in [3.05, 3.63) is 28.2 Å². The van der Waals surface area contributed by atoms with E-state index in [4.69, 9.17) is 5.26 Å². The molecule has 2 nitrogen and oxygen atoms in total. The van der Waals surface area contributed by atoms with Gasteiger partial charge in [-0.1, -0.05) is 29.8 Å². The molecule has 0 radical (unpaired) electrons. The van der Waals surface area contributed by atoms with E-state index in [0.29, 0.717) is 12.0 Å². The average molecular weight is 295 g/mol. The Morgan fingerprint density at radius 1 is 1.35 bits per heavy atom. The summed E-state index contributed by atoms with van der Waals surface area (Å²) in [5, 5.41) is 9.13. The Morgan fingerprint density at radius 2 is 2.00 bits per heavy atom. The number of nitriles is 1. The van der Waals surface area contributed by atoms with Crippen LogP contribution in [0.15, 0.2) is 22.7 Å². The van der Waals surface area contributed by atoms with Gasteiger partial charge in [-0.05, 0) is 37.5 Å². The van der Waals surface area contributed by atoms with Crippen LogP contribution < -0.4 is 4.90 Å². The van der Waals surface area contributed by atoms with Gasteiger partial charge in [-0.25, -0.2) is 0 Å². The molecule has 0 aromatic heterocycles. The van der Waals surface area contributed by atoms with Crippen molar-refractivity contribution in [2.75, 3.05) is 11.9 Å². The molecule has 1 aromatic rings. The summed E-state index contributed by atoms with van der Waals surface area (Å²) >= 11 is 3.46. The van der Waals surface area contributed by atoms with Crippen molar-refractivity contribution in [1.29, 1.82) is 5.26 Å². The minimum absolute atomic E-state index is 0.427. The quantitative estimate of drug-likeness (QED) is 0.832. The van der Waals surface area contributed by atoms with E-state index in [2.05, 4.69) is 54.7 Å². The number of hydrogen-bond acceptors (Lipinski definition) is 2. The van der Waals surface area contributed by atoms with Crippen LogP contribution in [0.4, 0.5) is 5.69 Å². The Bertz CT molecular complexity index is 421. The predicted octanol–water partition coefficient (Wildman–Crippen LogP) is 4.19. The molecule has 0 fully saturated rings.